The van der Waals surface area contributed by atoms with Crippen LogP contribution in [0, 0.1) is 11.3 Å². The lowest BCUT2D eigenvalue weighted by molar-refractivity contribution is 0.187. The van der Waals surface area contributed by atoms with E-state index in [9.17, 15) is 0 Å². The van der Waals surface area contributed by atoms with Crippen LogP contribution in [0.2, 0.25) is 0 Å². The molecule has 0 aromatic heterocycles. The zero-order valence-electron chi connectivity index (χ0n) is 7.53. The summed E-state index contributed by atoms with van der Waals surface area (Å²) < 4.78 is 0. The molecule has 62 valence electrons. The number of hydrogen-bond donors (Lipinski definition) is 0. The van der Waals surface area contributed by atoms with Crippen molar-refractivity contribution in [1.29, 1.82) is 0 Å². The highest BCUT2D eigenvalue weighted by Gasteiger charge is 2.44. The SMILES string of the molecule is C=C1C[C@H]1C1(C)CCCCC1. The highest BCUT2D eigenvalue weighted by Crippen LogP contribution is 2.55. The topological polar surface area (TPSA) is 0 Å². The molecule has 0 aliphatic heterocycles. The number of rotatable bonds is 1. The average Bonchev–Trinajstić information content (AvgIpc) is 2.69. The van der Waals surface area contributed by atoms with Gasteiger partial charge in [0.15, 0.2) is 0 Å². The van der Waals surface area contributed by atoms with Crippen LogP contribution >= 0.6 is 0 Å². The van der Waals surface area contributed by atoms with Gasteiger partial charge >= 0.3 is 0 Å². The monoisotopic (exact) mass is 150 g/mol. The molecule has 2 fully saturated rings. The lowest BCUT2D eigenvalue weighted by atomic mass is 9.72. The van der Waals surface area contributed by atoms with Gasteiger partial charge in [-0.25, -0.2) is 0 Å². The molecule has 2 aliphatic carbocycles. The van der Waals surface area contributed by atoms with Crippen molar-refractivity contribution in [2.75, 3.05) is 0 Å². The lowest BCUT2D eigenvalue weighted by Gasteiger charge is -2.33. The molecule has 2 saturated carbocycles. The van der Waals surface area contributed by atoms with Crippen LogP contribution in [0.25, 0.3) is 0 Å². The molecule has 0 aromatic carbocycles. The van der Waals surface area contributed by atoms with Crippen LogP contribution in [-0.2, 0) is 0 Å². The highest BCUT2D eigenvalue weighted by molar-refractivity contribution is 5.23. The van der Waals surface area contributed by atoms with Crippen molar-refractivity contribution in [2.45, 2.75) is 45.4 Å². The Kier molecular flexibility index (Phi) is 1.59. The highest BCUT2D eigenvalue weighted by atomic mass is 14.5. The third-order valence-electron chi connectivity index (χ3n) is 3.64. The van der Waals surface area contributed by atoms with Crippen LogP contribution in [0.4, 0.5) is 0 Å². The molecule has 0 bridgehead atoms. The smallest absolute Gasteiger partial charge is 0.0114 e. The predicted octanol–water partition coefficient (Wildman–Crippen LogP) is 3.53. The van der Waals surface area contributed by atoms with Crippen molar-refractivity contribution in [3.63, 3.8) is 0 Å². The van der Waals surface area contributed by atoms with Crippen LogP contribution in [-0.4, -0.2) is 0 Å². The van der Waals surface area contributed by atoms with Gasteiger partial charge in [0, 0.05) is 0 Å². The molecular weight excluding hydrogens is 132 g/mol. The molecule has 11 heavy (non-hydrogen) atoms. The molecule has 0 amide bonds. The van der Waals surface area contributed by atoms with Gasteiger partial charge in [0.1, 0.15) is 0 Å². The van der Waals surface area contributed by atoms with Crippen molar-refractivity contribution in [3.8, 4) is 0 Å². The molecule has 0 saturated heterocycles. The minimum Gasteiger partial charge on any atom is -0.0995 e. The second kappa shape index (κ2) is 2.36. The minimum absolute atomic E-state index is 0.662. The first-order valence-corrected chi connectivity index (χ1v) is 4.90. The summed E-state index contributed by atoms with van der Waals surface area (Å²) in [6, 6.07) is 0. The van der Waals surface area contributed by atoms with Gasteiger partial charge in [0.2, 0.25) is 0 Å². The first kappa shape index (κ1) is 7.39. The summed E-state index contributed by atoms with van der Waals surface area (Å²) in [6.07, 6.45) is 8.62. The van der Waals surface area contributed by atoms with Crippen LogP contribution in [0.5, 0.6) is 0 Å². The molecular formula is C11H18. The van der Waals surface area contributed by atoms with Crippen molar-refractivity contribution >= 4 is 0 Å². The molecule has 2 aliphatic rings. The van der Waals surface area contributed by atoms with Gasteiger partial charge in [-0.2, -0.15) is 0 Å². The fourth-order valence-corrected chi connectivity index (χ4v) is 2.65. The lowest BCUT2D eigenvalue weighted by Crippen LogP contribution is -2.22. The standard InChI is InChI=1S/C11H18/c1-9-8-10(9)11(2)6-4-3-5-7-11/h10H,1,3-8H2,2H3/t10-/m1/s1. The fourth-order valence-electron chi connectivity index (χ4n) is 2.65. The summed E-state index contributed by atoms with van der Waals surface area (Å²) in [6.45, 7) is 6.54. The Bertz CT molecular complexity index is 172. The zero-order chi connectivity index (χ0) is 7.90. The van der Waals surface area contributed by atoms with Gasteiger partial charge in [-0.3, -0.25) is 0 Å². The van der Waals surface area contributed by atoms with Gasteiger partial charge < -0.3 is 0 Å². The average molecular weight is 150 g/mol. The van der Waals surface area contributed by atoms with E-state index in [0.29, 0.717) is 5.41 Å². The van der Waals surface area contributed by atoms with Crippen molar-refractivity contribution in [3.05, 3.63) is 12.2 Å². The van der Waals surface area contributed by atoms with E-state index in [2.05, 4.69) is 13.5 Å². The van der Waals surface area contributed by atoms with Crippen LogP contribution in [0.3, 0.4) is 0 Å². The van der Waals surface area contributed by atoms with E-state index in [1.807, 2.05) is 0 Å². The first-order valence-electron chi connectivity index (χ1n) is 4.90. The Morgan fingerprint density at radius 1 is 1.27 bits per heavy atom. The van der Waals surface area contributed by atoms with Crippen molar-refractivity contribution in [2.24, 2.45) is 11.3 Å². The Morgan fingerprint density at radius 2 is 1.82 bits per heavy atom. The third kappa shape index (κ3) is 1.23. The largest absolute Gasteiger partial charge is 0.0995 e. The summed E-state index contributed by atoms with van der Waals surface area (Å²) in [5, 5.41) is 0. The van der Waals surface area contributed by atoms with Crippen LogP contribution in [0.1, 0.15) is 45.4 Å². The second-order valence-corrected chi connectivity index (χ2v) is 4.63. The Hall–Kier alpha value is -0.260. The van der Waals surface area contributed by atoms with E-state index in [1.54, 1.807) is 0 Å². The molecule has 0 heterocycles. The maximum atomic E-state index is 4.07. The molecule has 0 spiro atoms. The molecule has 0 N–H and O–H groups in total. The molecule has 0 unspecified atom stereocenters. The summed E-state index contributed by atoms with van der Waals surface area (Å²) in [4.78, 5) is 0. The molecule has 0 heteroatoms. The van der Waals surface area contributed by atoms with Crippen molar-refractivity contribution < 1.29 is 0 Å². The summed E-state index contributed by atoms with van der Waals surface area (Å²) in [7, 11) is 0. The third-order valence-corrected chi connectivity index (χ3v) is 3.64. The van der Waals surface area contributed by atoms with Gasteiger partial charge in [-0.1, -0.05) is 38.3 Å². The summed E-state index contributed by atoms with van der Waals surface area (Å²) in [5.74, 6) is 0.905. The van der Waals surface area contributed by atoms with Gasteiger partial charge in [0.25, 0.3) is 0 Å². The number of hydrogen-bond acceptors (Lipinski definition) is 0. The van der Waals surface area contributed by atoms with Gasteiger partial charge in [-0.15, -0.1) is 0 Å². The molecule has 1 atom stereocenters. The van der Waals surface area contributed by atoms with E-state index in [0.717, 1.165) is 5.92 Å². The quantitative estimate of drug-likeness (QED) is 0.502. The van der Waals surface area contributed by atoms with E-state index in [4.69, 9.17) is 0 Å². The normalized spacial score (nSPS) is 35.4. The maximum absolute atomic E-state index is 4.07. The fraction of sp³-hybridized carbons (Fsp3) is 0.818. The molecule has 0 radical (unpaired) electrons. The zero-order valence-corrected chi connectivity index (χ0v) is 7.53. The van der Waals surface area contributed by atoms with E-state index in [-0.39, 0.29) is 0 Å². The molecule has 0 aromatic rings. The summed E-state index contributed by atoms with van der Waals surface area (Å²) >= 11 is 0. The van der Waals surface area contributed by atoms with Gasteiger partial charge in [0.05, 0.1) is 0 Å². The maximum Gasteiger partial charge on any atom is -0.0114 e. The predicted molar refractivity (Wildman–Crippen MR) is 48.4 cm³/mol. The van der Waals surface area contributed by atoms with Crippen LogP contribution < -0.4 is 0 Å². The van der Waals surface area contributed by atoms with Crippen molar-refractivity contribution in [1.82, 2.24) is 0 Å². The Morgan fingerprint density at radius 3 is 2.27 bits per heavy atom. The summed E-state index contributed by atoms with van der Waals surface area (Å²) in [5.41, 5.74) is 2.18. The Balaban J connectivity index is 2.02. The van der Waals surface area contributed by atoms with Gasteiger partial charge in [-0.05, 0) is 30.6 Å². The van der Waals surface area contributed by atoms with E-state index >= 15 is 0 Å². The Labute approximate surface area is 69.7 Å². The van der Waals surface area contributed by atoms with Crippen LogP contribution in [0.15, 0.2) is 12.2 Å². The molecule has 2 rings (SSSR count). The van der Waals surface area contributed by atoms with E-state index < -0.39 is 0 Å². The minimum atomic E-state index is 0.662. The van der Waals surface area contributed by atoms with E-state index in [1.165, 1.54) is 44.1 Å². The number of allylic oxidation sites excluding steroid dienone is 1. The molecule has 0 nitrogen and oxygen atoms in total. The second-order valence-electron chi connectivity index (χ2n) is 4.63. The first-order chi connectivity index (χ1) is 5.22.